The number of aliphatic hydroxyl groups excluding tert-OH is 1. The number of nitrogens with one attached hydrogen (secondary N) is 1. The Kier molecular flexibility index (Phi) is 5.11. The molecule has 3 rings (SSSR count). The zero-order valence-electron chi connectivity index (χ0n) is 13.6. The Balaban J connectivity index is 1.64. The molecule has 2 aromatic carbocycles. The maximum atomic E-state index is 12.2. The maximum Gasteiger partial charge on any atom is 0.337 e. The molecule has 0 aliphatic heterocycles. The van der Waals surface area contributed by atoms with E-state index in [-0.39, 0.29) is 12.5 Å². The first-order chi connectivity index (χ1) is 12.1. The summed E-state index contributed by atoms with van der Waals surface area (Å²) >= 11 is 1.56. The average Bonchev–Trinajstić information content (AvgIpc) is 3.09. The highest BCUT2D eigenvalue weighted by Gasteiger charge is 2.15. The predicted molar refractivity (Wildman–Crippen MR) is 96.9 cm³/mol. The van der Waals surface area contributed by atoms with E-state index < -0.39 is 12.1 Å². The molecular weight excluding hydrogens is 338 g/mol. The topological polar surface area (TPSA) is 75.6 Å². The largest absolute Gasteiger partial charge is 0.465 e. The molecular formula is C19H17NO4S. The third-order valence-electron chi connectivity index (χ3n) is 3.89. The fraction of sp³-hybridized carbons (Fsp3) is 0.158. The Hall–Kier alpha value is -2.70. The van der Waals surface area contributed by atoms with Crippen LogP contribution in [0.25, 0.3) is 10.1 Å². The molecule has 0 aliphatic carbocycles. The molecule has 0 bridgehead atoms. The van der Waals surface area contributed by atoms with E-state index in [9.17, 15) is 14.7 Å². The smallest absolute Gasteiger partial charge is 0.337 e. The Bertz CT molecular complexity index is 901. The molecule has 0 spiro atoms. The van der Waals surface area contributed by atoms with E-state index in [1.54, 1.807) is 23.5 Å². The molecule has 3 aromatic rings. The molecule has 1 heterocycles. The van der Waals surface area contributed by atoms with Gasteiger partial charge in [-0.05, 0) is 41.1 Å². The van der Waals surface area contributed by atoms with E-state index >= 15 is 0 Å². The van der Waals surface area contributed by atoms with Gasteiger partial charge in [-0.3, -0.25) is 4.79 Å². The van der Waals surface area contributed by atoms with Crippen LogP contribution in [0.2, 0.25) is 0 Å². The highest BCUT2D eigenvalue weighted by atomic mass is 32.1. The van der Waals surface area contributed by atoms with E-state index in [0.29, 0.717) is 11.1 Å². The lowest BCUT2D eigenvalue weighted by atomic mass is 10.1. The molecule has 128 valence electrons. The van der Waals surface area contributed by atoms with Crippen LogP contribution in [-0.2, 0) is 4.74 Å². The number of aliphatic hydroxyl groups is 1. The average molecular weight is 355 g/mol. The fourth-order valence-corrected chi connectivity index (χ4v) is 3.54. The molecule has 0 fully saturated rings. The summed E-state index contributed by atoms with van der Waals surface area (Å²) in [4.78, 5) is 23.6. The van der Waals surface area contributed by atoms with Gasteiger partial charge in [0.2, 0.25) is 0 Å². The van der Waals surface area contributed by atoms with Crippen molar-refractivity contribution in [1.82, 2.24) is 5.32 Å². The number of hydrogen-bond donors (Lipinski definition) is 2. The van der Waals surface area contributed by atoms with Crippen molar-refractivity contribution in [2.75, 3.05) is 13.7 Å². The fourth-order valence-electron chi connectivity index (χ4n) is 2.53. The van der Waals surface area contributed by atoms with Crippen molar-refractivity contribution >= 4 is 33.3 Å². The standard InChI is InChI=1S/C19H17NO4S/c1-24-19(23)13-8-6-12(7-9-13)18(22)20-10-16(21)15-11-25-17-5-3-2-4-14(15)17/h2-9,11,16,21H,10H2,1H3,(H,20,22)/t16-/m1/s1. The van der Waals surface area contributed by atoms with E-state index in [4.69, 9.17) is 0 Å². The number of thiophene rings is 1. The number of carbonyl (C=O) groups excluding carboxylic acids is 2. The first-order valence-electron chi connectivity index (χ1n) is 7.71. The van der Waals surface area contributed by atoms with Crippen LogP contribution in [0.5, 0.6) is 0 Å². The van der Waals surface area contributed by atoms with Crippen LogP contribution in [0, 0.1) is 0 Å². The van der Waals surface area contributed by atoms with Crippen LogP contribution < -0.4 is 5.32 Å². The first-order valence-corrected chi connectivity index (χ1v) is 8.59. The van der Waals surface area contributed by atoms with Crippen molar-refractivity contribution in [2.24, 2.45) is 0 Å². The van der Waals surface area contributed by atoms with Crippen LogP contribution in [0.15, 0.2) is 53.9 Å². The summed E-state index contributed by atoms with van der Waals surface area (Å²) in [5, 5.41) is 16.0. The number of fused-ring (bicyclic) bond motifs is 1. The van der Waals surface area contributed by atoms with Gasteiger partial charge in [0.1, 0.15) is 0 Å². The minimum Gasteiger partial charge on any atom is -0.465 e. The Morgan fingerprint density at radius 1 is 1.12 bits per heavy atom. The summed E-state index contributed by atoms with van der Waals surface area (Å²) < 4.78 is 5.72. The van der Waals surface area contributed by atoms with Crippen molar-refractivity contribution in [3.8, 4) is 0 Å². The monoisotopic (exact) mass is 355 g/mol. The first kappa shape index (κ1) is 17.1. The quantitative estimate of drug-likeness (QED) is 0.690. The lowest BCUT2D eigenvalue weighted by molar-refractivity contribution is 0.0600. The van der Waals surface area contributed by atoms with Gasteiger partial charge in [0, 0.05) is 22.4 Å². The van der Waals surface area contributed by atoms with Gasteiger partial charge >= 0.3 is 5.97 Å². The van der Waals surface area contributed by atoms with Crippen molar-refractivity contribution in [3.63, 3.8) is 0 Å². The van der Waals surface area contributed by atoms with Crippen molar-refractivity contribution < 1.29 is 19.4 Å². The molecule has 1 atom stereocenters. The van der Waals surface area contributed by atoms with Crippen molar-refractivity contribution in [2.45, 2.75) is 6.10 Å². The zero-order chi connectivity index (χ0) is 17.8. The molecule has 0 radical (unpaired) electrons. The van der Waals surface area contributed by atoms with E-state index in [2.05, 4.69) is 10.1 Å². The molecule has 25 heavy (non-hydrogen) atoms. The summed E-state index contributed by atoms with van der Waals surface area (Å²) in [5.41, 5.74) is 1.60. The number of esters is 1. The molecule has 6 heteroatoms. The van der Waals surface area contributed by atoms with Gasteiger partial charge < -0.3 is 15.2 Å². The zero-order valence-corrected chi connectivity index (χ0v) is 14.4. The molecule has 1 amide bonds. The highest BCUT2D eigenvalue weighted by molar-refractivity contribution is 7.17. The van der Waals surface area contributed by atoms with E-state index in [1.807, 2.05) is 29.6 Å². The number of methoxy groups -OCH3 is 1. The molecule has 0 saturated heterocycles. The van der Waals surface area contributed by atoms with Gasteiger partial charge in [0.05, 0.1) is 18.8 Å². The number of hydrogen-bond acceptors (Lipinski definition) is 5. The molecule has 1 aromatic heterocycles. The summed E-state index contributed by atoms with van der Waals surface area (Å²) in [6.45, 7) is 0.109. The second kappa shape index (κ2) is 7.46. The van der Waals surface area contributed by atoms with Crippen LogP contribution in [-0.4, -0.2) is 30.6 Å². The third kappa shape index (κ3) is 3.70. The molecule has 0 unspecified atom stereocenters. The Morgan fingerprint density at radius 2 is 1.80 bits per heavy atom. The van der Waals surface area contributed by atoms with Gasteiger partial charge in [-0.2, -0.15) is 0 Å². The third-order valence-corrected chi connectivity index (χ3v) is 4.88. The highest BCUT2D eigenvalue weighted by Crippen LogP contribution is 2.29. The minimum absolute atomic E-state index is 0.109. The number of amides is 1. The van der Waals surface area contributed by atoms with Gasteiger partial charge in [-0.1, -0.05) is 18.2 Å². The normalized spacial score (nSPS) is 11.9. The minimum atomic E-state index is -0.783. The van der Waals surface area contributed by atoms with Crippen LogP contribution >= 0.6 is 11.3 Å². The lowest BCUT2D eigenvalue weighted by Gasteiger charge is -2.12. The molecule has 2 N–H and O–H groups in total. The van der Waals surface area contributed by atoms with Gasteiger partial charge in [0.25, 0.3) is 5.91 Å². The summed E-state index contributed by atoms with van der Waals surface area (Å²) in [6, 6.07) is 14.0. The van der Waals surface area contributed by atoms with Crippen molar-refractivity contribution in [1.29, 1.82) is 0 Å². The Morgan fingerprint density at radius 3 is 2.52 bits per heavy atom. The SMILES string of the molecule is COC(=O)c1ccc(C(=O)NC[C@@H](O)c2csc3ccccc23)cc1. The van der Waals surface area contributed by atoms with E-state index in [0.717, 1.165) is 15.6 Å². The van der Waals surface area contributed by atoms with Gasteiger partial charge in [-0.15, -0.1) is 11.3 Å². The van der Waals surface area contributed by atoms with Gasteiger partial charge in [0.15, 0.2) is 0 Å². The molecule has 5 nitrogen and oxygen atoms in total. The molecule has 0 aliphatic rings. The van der Waals surface area contributed by atoms with E-state index in [1.165, 1.54) is 19.2 Å². The van der Waals surface area contributed by atoms with Crippen LogP contribution in [0.4, 0.5) is 0 Å². The predicted octanol–water partition coefficient (Wildman–Crippen LogP) is 3.15. The number of carbonyl (C=O) groups is 2. The van der Waals surface area contributed by atoms with Crippen molar-refractivity contribution in [3.05, 3.63) is 70.6 Å². The van der Waals surface area contributed by atoms with Gasteiger partial charge in [-0.25, -0.2) is 4.79 Å². The summed E-state index contributed by atoms with van der Waals surface area (Å²) in [6.07, 6.45) is -0.783. The maximum absolute atomic E-state index is 12.2. The lowest BCUT2D eigenvalue weighted by Crippen LogP contribution is -2.28. The number of rotatable bonds is 5. The summed E-state index contributed by atoms with van der Waals surface area (Å²) in [5.74, 6) is -0.762. The Labute approximate surface area is 148 Å². The second-order valence-electron chi connectivity index (χ2n) is 5.48. The second-order valence-corrected chi connectivity index (χ2v) is 6.39. The van der Waals surface area contributed by atoms with Crippen LogP contribution in [0.1, 0.15) is 32.4 Å². The van der Waals surface area contributed by atoms with Crippen LogP contribution in [0.3, 0.4) is 0 Å². The summed E-state index contributed by atoms with van der Waals surface area (Å²) in [7, 11) is 1.30. The number of benzene rings is 2. The molecule has 0 saturated carbocycles. The number of ether oxygens (including phenoxy) is 1.